The van der Waals surface area contributed by atoms with Crippen LogP contribution in [0.3, 0.4) is 0 Å². The number of nitrogens with zero attached hydrogens (tertiary/aromatic N) is 1. The number of aliphatic hydroxyl groups is 1. The van der Waals surface area contributed by atoms with Crippen molar-refractivity contribution >= 4 is 5.97 Å². The largest absolute Gasteiger partial charge is 0.466 e. The maximum absolute atomic E-state index is 11.8. The predicted octanol–water partition coefficient (Wildman–Crippen LogP) is 8.78. The molecule has 0 aromatic carbocycles. The third-order valence-electron chi connectivity index (χ3n) is 6.72. The molecule has 1 N–H and O–H groups in total. The van der Waals surface area contributed by atoms with Crippen LogP contribution in [0.1, 0.15) is 142 Å². The minimum absolute atomic E-state index is 0.0214. The van der Waals surface area contributed by atoms with Crippen LogP contribution in [0.4, 0.5) is 0 Å². The lowest BCUT2D eigenvalue weighted by Crippen LogP contribution is -2.29. The van der Waals surface area contributed by atoms with Gasteiger partial charge in [0.1, 0.15) is 0 Å². The molecule has 0 amide bonds. The maximum Gasteiger partial charge on any atom is 0.305 e. The van der Waals surface area contributed by atoms with Crippen molar-refractivity contribution in [3.63, 3.8) is 0 Å². The zero-order valence-corrected chi connectivity index (χ0v) is 24.2. The number of aliphatic hydroxyl groups excluding tert-OH is 1. The van der Waals surface area contributed by atoms with Gasteiger partial charge in [0.15, 0.2) is 0 Å². The number of hydrogen-bond donors (Lipinski definition) is 1. The van der Waals surface area contributed by atoms with E-state index in [9.17, 15) is 9.90 Å². The highest BCUT2D eigenvalue weighted by Crippen LogP contribution is 2.11. The Balaban J connectivity index is 3.54. The fraction of sp³-hybridized carbons (Fsp3) is 0.844. The number of carbonyl (C=O) groups excluding carboxylic acids is 1. The van der Waals surface area contributed by atoms with Gasteiger partial charge in [-0.1, -0.05) is 109 Å². The fourth-order valence-corrected chi connectivity index (χ4v) is 4.44. The number of allylic oxidation sites excluding steroid dienone is 4. The molecule has 0 fully saturated rings. The van der Waals surface area contributed by atoms with Gasteiger partial charge in [0.2, 0.25) is 0 Å². The number of carbonyl (C=O) groups is 1. The van der Waals surface area contributed by atoms with Gasteiger partial charge in [-0.25, -0.2) is 0 Å². The smallest absolute Gasteiger partial charge is 0.305 e. The van der Waals surface area contributed by atoms with Crippen molar-refractivity contribution in [3.8, 4) is 0 Å². The molecule has 36 heavy (non-hydrogen) atoms. The van der Waals surface area contributed by atoms with Gasteiger partial charge in [-0.2, -0.15) is 0 Å². The van der Waals surface area contributed by atoms with Gasteiger partial charge in [-0.3, -0.25) is 4.79 Å². The van der Waals surface area contributed by atoms with Crippen LogP contribution in [0.2, 0.25) is 0 Å². The summed E-state index contributed by atoms with van der Waals surface area (Å²) in [5, 5.41) is 9.39. The van der Waals surface area contributed by atoms with E-state index in [1.165, 1.54) is 89.9 Å². The second-order valence-corrected chi connectivity index (χ2v) is 10.2. The summed E-state index contributed by atoms with van der Waals surface area (Å²) in [7, 11) is 0. The van der Waals surface area contributed by atoms with Gasteiger partial charge in [0.05, 0.1) is 13.2 Å². The standard InChI is InChI=1S/C32H61NO3/c1-3-5-7-9-10-11-12-13-14-15-16-19-23-27-33(29-30-34)28-24-20-17-18-22-26-32(35)36-31-25-21-8-6-4-2/h5,7,10-11,34H,3-4,6,8-9,12-31H2,1-2H3/b7-5-,11-10-. The van der Waals surface area contributed by atoms with E-state index in [4.69, 9.17) is 4.74 Å². The number of esters is 1. The highest BCUT2D eigenvalue weighted by atomic mass is 16.5. The number of hydrogen-bond acceptors (Lipinski definition) is 4. The zero-order valence-electron chi connectivity index (χ0n) is 24.2. The van der Waals surface area contributed by atoms with Crippen molar-refractivity contribution in [1.82, 2.24) is 4.90 Å². The molecule has 0 aromatic rings. The summed E-state index contributed by atoms with van der Waals surface area (Å²) in [6, 6.07) is 0. The van der Waals surface area contributed by atoms with Crippen molar-refractivity contribution in [2.24, 2.45) is 0 Å². The summed E-state index contributed by atoms with van der Waals surface area (Å²) >= 11 is 0. The van der Waals surface area contributed by atoms with Crippen LogP contribution in [0.5, 0.6) is 0 Å². The molecule has 0 aliphatic carbocycles. The second-order valence-electron chi connectivity index (χ2n) is 10.2. The predicted molar refractivity (Wildman–Crippen MR) is 156 cm³/mol. The Bertz CT molecular complexity index is 504. The van der Waals surface area contributed by atoms with Crippen molar-refractivity contribution in [2.75, 3.05) is 32.8 Å². The molecule has 212 valence electrons. The molecule has 0 heterocycles. The van der Waals surface area contributed by atoms with Crippen LogP contribution in [0.15, 0.2) is 24.3 Å². The Kier molecular flexibility index (Phi) is 29.2. The SMILES string of the molecule is CC/C=C\C/C=C\CCCCCCCCN(CCO)CCCCCCCC(=O)OCCCCCCC. The van der Waals surface area contributed by atoms with E-state index < -0.39 is 0 Å². The summed E-state index contributed by atoms with van der Waals surface area (Å²) < 4.78 is 5.33. The molecule has 0 atom stereocenters. The third-order valence-corrected chi connectivity index (χ3v) is 6.72. The molecule has 0 saturated heterocycles. The highest BCUT2D eigenvalue weighted by molar-refractivity contribution is 5.69. The first-order valence-electron chi connectivity index (χ1n) is 15.5. The zero-order chi connectivity index (χ0) is 26.4. The van der Waals surface area contributed by atoms with E-state index in [2.05, 4.69) is 43.1 Å². The third kappa shape index (κ3) is 27.5. The second kappa shape index (κ2) is 30.1. The fourth-order valence-electron chi connectivity index (χ4n) is 4.44. The average molecular weight is 508 g/mol. The lowest BCUT2D eigenvalue weighted by Gasteiger charge is -2.21. The minimum Gasteiger partial charge on any atom is -0.466 e. The van der Waals surface area contributed by atoms with Gasteiger partial charge in [-0.05, 0) is 64.5 Å². The topological polar surface area (TPSA) is 49.8 Å². The van der Waals surface area contributed by atoms with Crippen LogP contribution in [-0.2, 0) is 9.53 Å². The summed E-state index contributed by atoms with van der Waals surface area (Å²) in [5.41, 5.74) is 0. The molecule has 0 saturated carbocycles. The van der Waals surface area contributed by atoms with E-state index in [1.807, 2.05) is 0 Å². The summed E-state index contributed by atoms with van der Waals surface area (Å²) in [4.78, 5) is 14.2. The normalized spacial score (nSPS) is 11.9. The molecule has 4 nitrogen and oxygen atoms in total. The van der Waals surface area contributed by atoms with Gasteiger partial charge >= 0.3 is 5.97 Å². The lowest BCUT2D eigenvalue weighted by atomic mass is 10.1. The Hall–Kier alpha value is -1.13. The Morgan fingerprint density at radius 1 is 0.667 bits per heavy atom. The van der Waals surface area contributed by atoms with Crippen molar-refractivity contribution in [1.29, 1.82) is 0 Å². The van der Waals surface area contributed by atoms with Crippen LogP contribution in [0.25, 0.3) is 0 Å². The van der Waals surface area contributed by atoms with Crippen molar-refractivity contribution < 1.29 is 14.6 Å². The molecule has 0 radical (unpaired) electrons. The first-order chi connectivity index (χ1) is 17.7. The van der Waals surface area contributed by atoms with E-state index in [1.54, 1.807) is 0 Å². The quantitative estimate of drug-likeness (QED) is 0.0653. The number of ether oxygens (including phenoxy) is 1. The molecular weight excluding hydrogens is 446 g/mol. The van der Waals surface area contributed by atoms with Gasteiger partial charge in [0.25, 0.3) is 0 Å². The minimum atomic E-state index is -0.0214. The molecule has 0 rings (SSSR count). The molecule has 0 unspecified atom stereocenters. The lowest BCUT2D eigenvalue weighted by molar-refractivity contribution is -0.143. The number of rotatable bonds is 28. The molecule has 0 bridgehead atoms. The van der Waals surface area contributed by atoms with E-state index in [0.29, 0.717) is 13.0 Å². The summed E-state index contributed by atoms with van der Waals surface area (Å²) in [5.74, 6) is -0.0214. The molecule has 0 aliphatic heterocycles. The monoisotopic (exact) mass is 507 g/mol. The van der Waals surface area contributed by atoms with E-state index in [-0.39, 0.29) is 12.6 Å². The molecule has 4 heteroatoms. The van der Waals surface area contributed by atoms with E-state index in [0.717, 1.165) is 51.7 Å². The number of unbranched alkanes of at least 4 members (excludes halogenated alkanes) is 14. The van der Waals surface area contributed by atoms with Crippen molar-refractivity contribution in [2.45, 2.75) is 142 Å². The van der Waals surface area contributed by atoms with Gasteiger partial charge < -0.3 is 14.7 Å². The Morgan fingerprint density at radius 2 is 1.25 bits per heavy atom. The van der Waals surface area contributed by atoms with Crippen LogP contribution in [-0.4, -0.2) is 48.8 Å². The van der Waals surface area contributed by atoms with Gasteiger partial charge in [0, 0.05) is 13.0 Å². The highest BCUT2D eigenvalue weighted by Gasteiger charge is 2.05. The summed E-state index contributed by atoms with van der Waals surface area (Å²) in [6.07, 6.45) is 32.5. The first-order valence-corrected chi connectivity index (χ1v) is 15.5. The van der Waals surface area contributed by atoms with Crippen molar-refractivity contribution in [3.05, 3.63) is 24.3 Å². The van der Waals surface area contributed by atoms with E-state index >= 15 is 0 Å². The molecular formula is C32H61NO3. The van der Waals surface area contributed by atoms with Crippen LogP contribution >= 0.6 is 0 Å². The van der Waals surface area contributed by atoms with Crippen LogP contribution in [0, 0.1) is 0 Å². The Morgan fingerprint density at radius 3 is 1.92 bits per heavy atom. The average Bonchev–Trinajstić information content (AvgIpc) is 2.88. The first kappa shape index (κ1) is 34.9. The molecule has 0 aromatic heterocycles. The maximum atomic E-state index is 11.8. The molecule has 0 aliphatic rings. The summed E-state index contributed by atoms with van der Waals surface area (Å²) in [6.45, 7) is 8.22. The molecule has 0 spiro atoms. The Labute approximate surface area is 225 Å². The van der Waals surface area contributed by atoms with Gasteiger partial charge in [-0.15, -0.1) is 0 Å². The van der Waals surface area contributed by atoms with Crippen LogP contribution < -0.4 is 0 Å².